The van der Waals surface area contributed by atoms with Gasteiger partial charge >= 0.3 is 5.97 Å². The lowest BCUT2D eigenvalue weighted by molar-refractivity contribution is -0.165. The molecule has 0 spiro atoms. The molecule has 0 radical (unpaired) electrons. The van der Waals surface area contributed by atoms with Gasteiger partial charge in [-0.05, 0) is 45.2 Å². The van der Waals surface area contributed by atoms with Gasteiger partial charge in [-0.25, -0.2) is 4.79 Å². The molecule has 232 valence electrons. The zero-order chi connectivity index (χ0) is 31.9. The number of nitrogens with zero attached hydrogens (tertiary/aromatic N) is 3. The van der Waals surface area contributed by atoms with Gasteiger partial charge in [0.05, 0.1) is 12.2 Å². The van der Waals surface area contributed by atoms with Crippen molar-refractivity contribution < 1.29 is 23.8 Å². The first-order valence-electron chi connectivity index (χ1n) is 14.8. The Morgan fingerprint density at radius 1 is 0.889 bits per heavy atom. The number of rotatable bonds is 10. The van der Waals surface area contributed by atoms with Crippen LogP contribution in [-0.4, -0.2) is 55.8 Å². The average Bonchev–Trinajstić information content (AvgIpc) is 3.06. The number of aliphatic hydroxyl groups is 1. The van der Waals surface area contributed by atoms with Gasteiger partial charge in [-0.2, -0.15) is 0 Å². The van der Waals surface area contributed by atoms with Crippen molar-refractivity contribution in [2.24, 2.45) is 5.11 Å². The minimum Gasteiger partial charge on any atom is -0.455 e. The molecule has 0 bridgehead atoms. The summed E-state index contributed by atoms with van der Waals surface area (Å²) in [5.74, 6) is -0.630. The number of benzene rings is 4. The van der Waals surface area contributed by atoms with Gasteiger partial charge in [0, 0.05) is 9.81 Å². The largest absolute Gasteiger partial charge is 0.455 e. The Morgan fingerprint density at radius 3 is 1.91 bits per heavy atom. The second-order valence-electron chi connectivity index (χ2n) is 11.9. The maximum absolute atomic E-state index is 13.3. The third kappa shape index (κ3) is 7.17. The standard InChI is InChI=1S/C35H37N3O5SSi/c1-35(2,3)45(27-20-12-6-13-21-27,28-22-14-7-15-23-28)41-24-29-31(39)32(43-33(40)25-16-8-4-9-17-25)30(37-38-36)34(42-29)44-26-18-10-5-11-19-26/h4-23,29-32,34,39H,24H2,1-3H3/t29-,30-,31+,32-,34+/m1/s1. The van der Waals surface area contributed by atoms with E-state index >= 15 is 0 Å². The van der Waals surface area contributed by atoms with Gasteiger partial charge in [0.25, 0.3) is 8.32 Å². The van der Waals surface area contributed by atoms with Gasteiger partial charge in [-0.15, -0.1) is 0 Å². The molecule has 4 aromatic carbocycles. The van der Waals surface area contributed by atoms with Gasteiger partial charge < -0.3 is 19.0 Å². The molecular formula is C35H37N3O5SSi. The normalized spacial score (nSPS) is 21.8. The lowest BCUT2D eigenvalue weighted by Gasteiger charge is -2.46. The van der Waals surface area contributed by atoms with Crippen LogP contribution in [0.1, 0.15) is 31.1 Å². The van der Waals surface area contributed by atoms with E-state index in [4.69, 9.17) is 13.9 Å². The average molecular weight is 640 g/mol. The first-order valence-corrected chi connectivity index (χ1v) is 17.6. The zero-order valence-corrected chi connectivity index (χ0v) is 27.3. The summed E-state index contributed by atoms with van der Waals surface area (Å²) in [6, 6.07) is 37.5. The highest BCUT2D eigenvalue weighted by Gasteiger charge is 2.53. The lowest BCUT2D eigenvalue weighted by Crippen LogP contribution is -2.68. The van der Waals surface area contributed by atoms with Crippen LogP contribution in [0.25, 0.3) is 10.4 Å². The van der Waals surface area contributed by atoms with E-state index in [2.05, 4.69) is 55.1 Å². The van der Waals surface area contributed by atoms with Crippen LogP contribution in [0.5, 0.6) is 0 Å². The fourth-order valence-corrected chi connectivity index (χ4v) is 11.5. The van der Waals surface area contributed by atoms with E-state index in [-0.39, 0.29) is 11.6 Å². The molecule has 0 amide bonds. The predicted molar refractivity (Wildman–Crippen MR) is 179 cm³/mol. The molecule has 1 N–H and O–H groups in total. The quantitative estimate of drug-likeness (QED) is 0.0712. The summed E-state index contributed by atoms with van der Waals surface area (Å²) < 4.78 is 19.6. The van der Waals surface area contributed by atoms with E-state index in [1.54, 1.807) is 30.3 Å². The minimum absolute atomic E-state index is 0.0165. The van der Waals surface area contributed by atoms with Crippen molar-refractivity contribution in [2.75, 3.05) is 6.61 Å². The summed E-state index contributed by atoms with van der Waals surface area (Å²) >= 11 is 1.34. The molecule has 0 unspecified atom stereocenters. The molecule has 1 aliphatic heterocycles. The molecule has 45 heavy (non-hydrogen) atoms. The van der Waals surface area contributed by atoms with Crippen molar-refractivity contribution >= 4 is 36.4 Å². The van der Waals surface area contributed by atoms with Gasteiger partial charge in [-0.3, -0.25) is 0 Å². The monoisotopic (exact) mass is 639 g/mol. The molecule has 10 heteroatoms. The van der Waals surface area contributed by atoms with Crippen LogP contribution < -0.4 is 10.4 Å². The highest BCUT2D eigenvalue weighted by Crippen LogP contribution is 2.40. The molecule has 0 aliphatic carbocycles. The van der Waals surface area contributed by atoms with Crippen LogP contribution in [0.2, 0.25) is 5.04 Å². The second kappa shape index (κ2) is 14.5. The van der Waals surface area contributed by atoms with E-state index in [0.717, 1.165) is 15.3 Å². The van der Waals surface area contributed by atoms with Crippen LogP contribution >= 0.6 is 11.8 Å². The maximum Gasteiger partial charge on any atom is 0.338 e. The number of carbonyl (C=O) groups is 1. The Labute approximate surface area is 269 Å². The summed E-state index contributed by atoms with van der Waals surface area (Å²) in [6.45, 7) is 6.54. The number of ether oxygens (including phenoxy) is 2. The van der Waals surface area contributed by atoms with E-state index < -0.39 is 44.1 Å². The van der Waals surface area contributed by atoms with Crippen molar-refractivity contribution in [1.82, 2.24) is 0 Å². The van der Waals surface area contributed by atoms with Crippen molar-refractivity contribution in [2.45, 2.75) is 60.5 Å². The molecule has 4 aromatic rings. The van der Waals surface area contributed by atoms with Crippen LogP contribution in [0.4, 0.5) is 0 Å². The summed E-state index contributed by atoms with van der Waals surface area (Å²) in [7, 11) is -2.99. The topological polar surface area (TPSA) is 114 Å². The molecule has 1 heterocycles. The second-order valence-corrected chi connectivity index (χ2v) is 17.3. The fourth-order valence-electron chi connectivity index (χ4n) is 5.82. The molecule has 5 rings (SSSR count). The molecule has 5 atom stereocenters. The van der Waals surface area contributed by atoms with E-state index in [1.165, 1.54) is 11.8 Å². The van der Waals surface area contributed by atoms with E-state index in [9.17, 15) is 15.4 Å². The Kier molecular flexibility index (Phi) is 10.5. The minimum atomic E-state index is -2.99. The maximum atomic E-state index is 13.3. The van der Waals surface area contributed by atoms with Crippen LogP contribution in [0.3, 0.4) is 0 Å². The van der Waals surface area contributed by atoms with E-state index in [1.807, 2.05) is 66.7 Å². The number of hydrogen-bond acceptors (Lipinski definition) is 7. The SMILES string of the molecule is CC(C)(C)[Si](OC[C@H]1O[C@@H](Sc2ccccc2)[C@H](N=[N+]=[N-])[C@@H](OC(=O)c2ccccc2)[C@H]1O)(c1ccccc1)c1ccccc1. The number of carbonyl (C=O) groups excluding carboxylic acids is 1. The Morgan fingerprint density at radius 2 is 1.40 bits per heavy atom. The summed E-state index contributed by atoms with van der Waals surface area (Å²) in [4.78, 5) is 17.2. The number of thioether (sulfide) groups is 1. The van der Waals surface area contributed by atoms with Gasteiger partial charge in [-0.1, -0.05) is 135 Å². The van der Waals surface area contributed by atoms with Crippen molar-refractivity contribution in [1.29, 1.82) is 0 Å². The van der Waals surface area contributed by atoms with Crippen LogP contribution in [0, 0.1) is 0 Å². The molecule has 0 saturated carbocycles. The number of esters is 1. The van der Waals surface area contributed by atoms with Gasteiger partial charge in [0.2, 0.25) is 0 Å². The lowest BCUT2D eigenvalue weighted by atomic mass is 9.98. The number of hydrogen-bond donors (Lipinski definition) is 1. The highest BCUT2D eigenvalue weighted by atomic mass is 32.2. The zero-order valence-electron chi connectivity index (χ0n) is 25.5. The predicted octanol–water partition coefficient (Wildman–Crippen LogP) is 6.35. The third-order valence-corrected chi connectivity index (χ3v) is 14.1. The van der Waals surface area contributed by atoms with Crippen molar-refractivity contribution in [3.8, 4) is 0 Å². The van der Waals surface area contributed by atoms with E-state index in [0.29, 0.717) is 5.56 Å². The fraction of sp³-hybridized carbons (Fsp3) is 0.286. The molecule has 8 nitrogen and oxygen atoms in total. The summed E-state index contributed by atoms with van der Waals surface area (Å²) in [5.41, 5.74) is 9.08. The summed E-state index contributed by atoms with van der Waals surface area (Å²) in [6.07, 6.45) is -3.41. The van der Waals surface area contributed by atoms with Crippen LogP contribution in [-0.2, 0) is 13.9 Å². The Bertz CT molecular complexity index is 1550. The van der Waals surface area contributed by atoms with Crippen molar-refractivity contribution in [3.05, 3.63) is 137 Å². The number of azide groups is 1. The molecular weight excluding hydrogens is 603 g/mol. The summed E-state index contributed by atoms with van der Waals surface area (Å²) in [5, 5.41) is 17.6. The smallest absolute Gasteiger partial charge is 0.338 e. The highest BCUT2D eigenvalue weighted by molar-refractivity contribution is 7.99. The molecule has 0 aromatic heterocycles. The number of aliphatic hydroxyl groups excluding tert-OH is 1. The molecule has 1 saturated heterocycles. The van der Waals surface area contributed by atoms with Crippen molar-refractivity contribution in [3.63, 3.8) is 0 Å². The first-order chi connectivity index (χ1) is 21.7. The van der Waals surface area contributed by atoms with Gasteiger partial charge in [0.1, 0.15) is 29.8 Å². The van der Waals surface area contributed by atoms with Gasteiger partial charge in [0.15, 0.2) is 0 Å². The third-order valence-electron chi connectivity index (χ3n) is 7.96. The Hall–Kier alpha value is -3.89. The molecule has 1 fully saturated rings. The van der Waals surface area contributed by atoms with Crippen LogP contribution in [0.15, 0.2) is 131 Å². The molecule has 1 aliphatic rings. The first kappa shape index (κ1) is 32.5. The Balaban J connectivity index is 1.53.